The summed E-state index contributed by atoms with van der Waals surface area (Å²) in [6.45, 7) is 2.28. The van der Waals surface area contributed by atoms with Crippen LogP contribution in [-0.2, 0) is 0 Å². The van der Waals surface area contributed by atoms with Crippen molar-refractivity contribution in [2.45, 2.75) is 38.6 Å². The average molecular weight is 255 g/mol. The highest BCUT2D eigenvalue weighted by atomic mass is 15.1. The molecule has 0 amide bonds. The van der Waals surface area contributed by atoms with Crippen molar-refractivity contribution in [1.82, 2.24) is 9.55 Å². The second kappa shape index (κ2) is 5.47. The summed E-state index contributed by atoms with van der Waals surface area (Å²) in [6, 6.07) is 8.94. The van der Waals surface area contributed by atoms with Crippen molar-refractivity contribution in [3.8, 4) is 5.69 Å². The van der Waals surface area contributed by atoms with E-state index >= 15 is 0 Å². The molecular formula is C16H21N3. The van der Waals surface area contributed by atoms with E-state index in [0.29, 0.717) is 6.04 Å². The standard InChI is InChI=1S/C16H21N3/c1-13(11-14-5-4-6-14)18-15-7-2-3-8-16(15)19-10-9-17-12-19/h2-3,7-10,12-14,18H,4-6,11H2,1H3. The Balaban J connectivity index is 1.73. The largest absolute Gasteiger partial charge is 0.381 e. The highest BCUT2D eigenvalue weighted by Gasteiger charge is 2.20. The fourth-order valence-electron chi connectivity index (χ4n) is 2.78. The van der Waals surface area contributed by atoms with Gasteiger partial charge in [0.05, 0.1) is 17.7 Å². The van der Waals surface area contributed by atoms with Crippen molar-refractivity contribution in [3.63, 3.8) is 0 Å². The lowest BCUT2D eigenvalue weighted by Gasteiger charge is -2.29. The lowest BCUT2D eigenvalue weighted by molar-refractivity contribution is 0.286. The van der Waals surface area contributed by atoms with Gasteiger partial charge < -0.3 is 9.88 Å². The van der Waals surface area contributed by atoms with Crippen LogP contribution in [0.2, 0.25) is 0 Å². The average Bonchev–Trinajstić information content (AvgIpc) is 2.88. The van der Waals surface area contributed by atoms with Crippen LogP contribution >= 0.6 is 0 Å². The summed E-state index contributed by atoms with van der Waals surface area (Å²) in [5.41, 5.74) is 2.35. The molecule has 1 fully saturated rings. The van der Waals surface area contributed by atoms with Gasteiger partial charge >= 0.3 is 0 Å². The zero-order valence-electron chi connectivity index (χ0n) is 11.4. The third kappa shape index (κ3) is 2.80. The maximum absolute atomic E-state index is 4.12. The van der Waals surface area contributed by atoms with E-state index in [2.05, 4.69) is 46.1 Å². The molecule has 1 N–H and O–H groups in total. The van der Waals surface area contributed by atoms with Crippen LogP contribution in [0.4, 0.5) is 5.69 Å². The van der Waals surface area contributed by atoms with E-state index < -0.39 is 0 Å². The van der Waals surface area contributed by atoms with Crippen LogP contribution in [0.1, 0.15) is 32.6 Å². The van der Waals surface area contributed by atoms with E-state index in [-0.39, 0.29) is 0 Å². The number of hydrogen-bond donors (Lipinski definition) is 1. The van der Waals surface area contributed by atoms with E-state index in [1.807, 2.05) is 18.7 Å². The molecule has 1 aromatic heterocycles. The first-order chi connectivity index (χ1) is 9.33. The number of rotatable bonds is 5. The molecule has 0 radical (unpaired) electrons. The van der Waals surface area contributed by atoms with Crippen LogP contribution in [-0.4, -0.2) is 15.6 Å². The maximum Gasteiger partial charge on any atom is 0.0992 e. The van der Waals surface area contributed by atoms with Gasteiger partial charge in [-0.25, -0.2) is 4.98 Å². The minimum atomic E-state index is 0.523. The van der Waals surface area contributed by atoms with Gasteiger partial charge in [0.15, 0.2) is 0 Å². The van der Waals surface area contributed by atoms with Crippen molar-refractivity contribution in [2.24, 2.45) is 5.92 Å². The number of imidazole rings is 1. The third-order valence-electron chi connectivity index (χ3n) is 4.00. The molecule has 3 nitrogen and oxygen atoms in total. The van der Waals surface area contributed by atoms with Crippen LogP contribution in [0.15, 0.2) is 43.0 Å². The van der Waals surface area contributed by atoms with Crippen molar-refractivity contribution in [3.05, 3.63) is 43.0 Å². The Morgan fingerprint density at radius 3 is 2.89 bits per heavy atom. The molecule has 1 aromatic carbocycles. The van der Waals surface area contributed by atoms with Gasteiger partial charge in [0, 0.05) is 18.4 Å². The second-order valence-electron chi connectivity index (χ2n) is 5.57. The molecule has 1 unspecified atom stereocenters. The number of hydrogen-bond acceptors (Lipinski definition) is 2. The predicted molar refractivity (Wildman–Crippen MR) is 78.6 cm³/mol. The van der Waals surface area contributed by atoms with E-state index in [0.717, 1.165) is 5.92 Å². The second-order valence-corrected chi connectivity index (χ2v) is 5.57. The molecule has 1 heterocycles. The summed E-state index contributed by atoms with van der Waals surface area (Å²) in [4.78, 5) is 4.12. The van der Waals surface area contributed by atoms with Crippen LogP contribution in [0, 0.1) is 5.92 Å². The molecular weight excluding hydrogens is 234 g/mol. The quantitative estimate of drug-likeness (QED) is 0.879. The van der Waals surface area contributed by atoms with Gasteiger partial charge in [-0.2, -0.15) is 0 Å². The first-order valence-corrected chi connectivity index (χ1v) is 7.17. The molecule has 1 saturated carbocycles. The van der Waals surface area contributed by atoms with Crippen LogP contribution < -0.4 is 5.32 Å². The number of nitrogens with one attached hydrogen (secondary N) is 1. The fourth-order valence-corrected chi connectivity index (χ4v) is 2.78. The normalized spacial score (nSPS) is 16.9. The summed E-state index contributed by atoms with van der Waals surface area (Å²) >= 11 is 0. The Kier molecular flexibility index (Phi) is 3.53. The van der Waals surface area contributed by atoms with Crippen molar-refractivity contribution >= 4 is 5.69 Å². The molecule has 19 heavy (non-hydrogen) atoms. The minimum Gasteiger partial charge on any atom is -0.381 e. The lowest BCUT2D eigenvalue weighted by Crippen LogP contribution is -2.23. The van der Waals surface area contributed by atoms with Gasteiger partial charge in [-0.05, 0) is 31.4 Å². The summed E-state index contributed by atoms with van der Waals surface area (Å²) in [7, 11) is 0. The Hall–Kier alpha value is -1.77. The summed E-state index contributed by atoms with van der Waals surface area (Å²) in [5.74, 6) is 0.933. The van der Waals surface area contributed by atoms with Crippen LogP contribution in [0.5, 0.6) is 0 Å². The van der Waals surface area contributed by atoms with Crippen LogP contribution in [0.3, 0.4) is 0 Å². The number of para-hydroxylation sites is 2. The molecule has 1 aliphatic carbocycles. The van der Waals surface area contributed by atoms with Gasteiger partial charge in [-0.1, -0.05) is 31.4 Å². The monoisotopic (exact) mass is 255 g/mol. The molecule has 3 rings (SSSR count). The van der Waals surface area contributed by atoms with Crippen molar-refractivity contribution in [2.75, 3.05) is 5.32 Å². The Morgan fingerprint density at radius 1 is 1.37 bits per heavy atom. The molecule has 1 aliphatic rings. The number of benzene rings is 1. The Labute approximate surface area is 114 Å². The van der Waals surface area contributed by atoms with E-state index in [4.69, 9.17) is 0 Å². The number of aromatic nitrogens is 2. The predicted octanol–water partition coefficient (Wildman–Crippen LogP) is 3.86. The van der Waals surface area contributed by atoms with Gasteiger partial charge in [-0.3, -0.25) is 0 Å². The maximum atomic E-state index is 4.12. The summed E-state index contributed by atoms with van der Waals surface area (Å²) in [5, 5.41) is 3.65. The van der Waals surface area contributed by atoms with Crippen molar-refractivity contribution < 1.29 is 0 Å². The first-order valence-electron chi connectivity index (χ1n) is 7.17. The zero-order chi connectivity index (χ0) is 13.1. The zero-order valence-corrected chi connectivity index (χ0v) is 11.4. The van der Waals surface area contributed by atoms with Gasteiger partial charge in [0.25, 0.3) is 0 Å². The van der Waals surface area contributed by atoms with Crippen LogP contribution in [0.25, 0.3) is 5.69 Å². The Bertz CT molecular complexity index is 515. The number of nitrogens with zero attached hydrogens (tertiary/aromatic N) is 2. The molecule has 1 atom stereocenters. The molecule has 0 aliphatic heterocycles. The SMILES string of the molecule is CC(CC1CCC1)Nc1ccccc1-n1ccnc1. The smallest absolute Gasteiger partial charge is 0.0992 e. The molecule has 3 heteroatoms. The van der Waals surface area contributed by atoms with Gasteiger partial charge in [0.2, 0.25) is 0 Å². The topological polar surface area (TPSA) is 29.9 Å². The lowest BCUT2D eigenvalue weighted by atomic mass is 9.81. The minimum absolute atomic E-state index is 0.523. The molecule has 0 saturated heterocycles. The molecule has 0 bridgehead atoms. The summed E-state index contributed by atoms with van der Waals surface area (Å²) in [6.07, 6.45) is 11.2. The van der Waals surface area contributed by atoms with Gasteiger partial charge in [0.1, 0.15) is 0 Å². The molecule has 100 valence electrons. The molecule has 0 spiro atoms. The number of anilines is 1. The fraction of sp³-hybridized carbons (Fsp3) is 0.438. The summed E-state index contributed by atoms with van der Waals surface area (Å²) < 4.78 is 2.05. The first kappa shape index (κ1) is 12.3. The Morgan fingerprint density at radius 2 is 2.21 bits per heavy atom. The van der Waals surface area contributed by atoms with E-state index in [1.165, 1.54) is 37.1 Å². The highest BCUT2D eigenvalue weighted by Crippen LogP contribution is 2.31. The highest BCUT2D eigenvalue weighted by molar-refractivity contribution is 5.61. The molecule has 2 aromatic rings. The third-order valence-corrected chi connectivity index (χ3v) is 4.00. The van der Waals surface area contributed by atoms with Crippen molar-refractivity contribution in [1.29, 1.82) is 0 Å². The van der Waals surface area contributed by atoms with E-state index in [9.17, 15) is 0 Å². The van der Waals surface area contributed by atoms with Gasteiger partial charge in [-0.15, -0.1) is 0 Å². The van der Waals surface area contributed by atoms with E-state index in [1.54, 1.807) is 0 Å².